The maximum atomic E-state index is 13.2. The van der Waals surface area contributed by atoms with Crippen LogP contribution in [-0.2, 0) is 9.59 Å². The zero-order valence-corrected chi connectivity index (χ0v) is 18.5. The van der Waals surface area contributed by atoms with Gasteiger partial charge < -0.3 is 10.1 Å². The summed E-state index contributed by atoms with van der Waals surface area (Å²) in [6.45, 7) is 8.91. The molecule has 0 atom stereocenters. The van der Waals surface area contributed by atoms with Crippen LogP contribution in [-0.4, -0.2) is 29.9 Å². The molecule has 0 saturated carbocycles. The van der Waals surface area contributed by atoms with Gasteiger partial charge in [0, 0.05) is 17.3 Å². The average molecular weight is 427 g/mol. The van der Waals surface area contributed by atoms with Gasteiger partial charge >= 0.3 is 0 Å². The van der Waals surface area contributed by atoms with Gasteiger partial charge in [0.2, 0.25) is 0 Å². The molecule has 158 valence electrons. The van der Waals surface area contributed by atoms with E-state index in [0.29, 0.717) is 35.0 Å². The third-order valence-corrected chi connectivity index (χ3v) is 5.03. The van der Waals surface area contributed by atoms with E-state index in [-0.39, 0.29) is 23.4 Å². The number of imide groups is 1. The molecular formula is C24H27ClN2O3. The molecular weight excluding hydrogens is 400 g/mol. The largest absolute Gasteiger partial charge is 0.494 e. The Morgan fingerprint density at radius 2 is 1.77 bits per heavy atom. The van der Waals surface area contributed by atoms with Crippen molar-refractivity contribution in [1.29, 1.82) is 0 Å². The van der Waals surface area contributed by atoms with E-state index >= 15 is 0 Å². The second kappa shape index (κ2) is 9.35. The second-order valence-electron chi connectivity index (χ2n) is 7.82. The summed E-state index contributed by atoms with van der Waals surface area (Å²) in [6, 6.07) is 12.7. The number of amides is 2. The van der Waals surface area contributed by atoms with Crippen LogP contribution in [0.4, 0.5) is 5.69 Å². The number of ether oxygens (including phenoxy) is 1. The Hall–Kier alpha value is -2.79. The molecule has 0 unspecified atom stereocenters. The van der Waals surface area contributed by atoms with Crippen LogP contribution in [0.2, 0.25) is 5.02 Å². The third kappa shape index (κ3) is 4.68. The van der Waals surface area contributed by atoms with Crippen LogP contribution in [0.1, 0.15) is 38.3 Å². The van der Waals surface area contributed by atoms with Crippen molar-refractivity contribution in [2.75, 3.05) is 18.5 Å². The molecule has 0 aliphatic carbocycles. The highest BCUT2D eigenvalue weighted by atomic mass is 35.5. The average Bonchev–Trinajstić information content (AvgIpc) is 2.93. The van der Waals surface area contributed by atoms with E-state index in [2.05, 4.69) is 5.32 Å². The molecule has 1 aliphatic rings. The summed E-state index contributed by atoms with van der Waals surface area (Å²) in [5, 5.41) is 3.74. The molecule has 30 heavy (non-hydrogen) atoms. The lowest BCUT2D eigenvalue weighted by molar-refractivity contribution is -0.137. The lowest BCUT2D eigenvalue weighted by Gasteiger charge is -2.17. The van der Waals surface area contributed by atoms with Crippen LogP contribution in [0.25, 0.3) is 5.57 Å². The third-order valence-electron chi connectivity index (χ3n) is 4.79. The van der Waals surface area contributed by atoms with E-state index in [4.69, 9.17) is 16.3 Å². The van der Waals surface area contributed by atoms with Crippen molar-refractivity contribution in [3.05, 3.63) is 64.3 Å². The number of rotatable bonds is 8. The lowest BCUT2D eigenvalue weighted by atomic mass is 10.0. The zero-order chi connectivity index (χ0) is 21.8. The molecule has 0 fully saturated rings. The van der Waals surface area contributed by atoms with Gasteiger partial charge in [0.1, 0.15) is 11.4 Å². The number of carbonyl (C=O) groups is 2. The summed E-state index contributed by atoms with van der Waals surface area (Å²) >= 11 is 6.15. The number of carbonyl (C=O) groups excluding carboxylic acids is 2. The van der Waals surface area contributed by atoms with Crippen molar-refractivity contribution in [3.63, 3.8) is 0 Å². The number of nitrogens with one attached hydrogen (secondary N) is 1. The molecule has 0 bridgehead atoms. The lowest BCUT2D eigenvalue weighted by Crippen LogP contribution is -2.35. The number of aryl methyl sites for hydroxylation is 1. The molecule has 1 aliphatic heterocycles. The highest BCUT2D eigenvalue weighted by molar-refractivity contribution is 6.36. The van der Waals surface area contributed by atoms with Crippen LogP contribution in [0.15, 0.2) is 48.2 Å². The highest BCUT2D eigenvalue weighted by Crippen LogP contribution is 2.33. The number of anilines is 1. The number of hydrogen-bond donors (Lipinski definition) is 1. The maximum absolute atomic E-state index is 13.2. The Morgan fingerprint density at radius 1 is 1.07 bits per heavy atom. The minimum Gasteiger partial charge on any atom is -0.494 e. The zero-order valence-electron chi connectivity index (χ0n) is 17.8. The minimum atomic E-state index is -0.325. The number of hydrogen-bond acceptors (Lipinski definition) is 4. The quantitative estimate of drug-likeness (QED) is 0.583. The van der Waals surface area contributed by atoms with Crippen LogP contribution in [0, 0.1) is 12.8 Å². The maximum Gasteiger partial charge on any atom is 0.278 e. The van der Waals surface area contributed by atoms with E-state index < -0.39 is 0 Å². The second-order valence-corrected chi connectivity index (χ2v) is 8.26. The van der Waals surface area contributed by atoms with Crippen molar-refractivity contribution < 1.29 is 14.3 Å². The molecule has 3 rings (SSSR count). The molecule has 6 heteroatoms. The van der Waals surface area contributed by atoms with Gasteiger partial charge in [-0.1, -0.05) is 50.6 Å². The molecule has 1 heterocycles. The van der Waals surface area contributed by atoms with Gasteiger partial charge in [0.15, 0.2) is 0 Å². The summed E-state index contributed by atoms with van der Waals surface area (Å²) in [6.07, 6.45) is 0.914. The molecule has 5 nitrogen and oxygen atoms in total. The fourth-order valence-electron chi connectivity index (χ4n) is 3.29. The summed E-state index contributed by atoms with van der Waals surface area (Å²) in [5.74, 6) is 0.279. The molecule has 1 N–H and O–H groups in total. The van der Waals surface area contributed by atoms with Gasteiger partial charge in [-0.05, 0) is 54.7 Å². The molecule has 2 amide bonds. The van der Waals surface area contributed by atoms with Crippen LogP contribution < -0.4 is 10.1 Å². The fourth-order valence-corrected chi connectivity index (χ4v) is 3.46. The van der Waals surface area contributed by atoms with Crippen LogP contribution in [0.3, 0.4) is 0 Å². The Kier molecular flexibility index (Phi) is 6.83. The molecule has 2 aromatic rings. The van der Waals surface area contributed by atoms with Gasteiger partial charge in [-0.15, -0.1) is 0 Å². The number of halogens is 1. The SMILES string of the molecule is CCCOc1ccc(C2=C(Nc3cc(Cl)ccc3C)C(=O)N(CC(C)C)C2=O)cc1. The fraction of sp³-hybridized carbons (Fsp3) is 0.333. The Bertz CT molecular complexity index is 980. The summed E-state index contributed by atoms with van der Waals surface area (Å²) in [7, 11) is 0. The van der Waals surface area contributed by atoms with E-state index in [1.54, 1.807) is 12.1 Å². The normalized spacial score (nSPS) is 14.1. The van der Waals surface area contributed by atoms with Crippen molar-refractivity contribution in [1.82, 2.24) is 4.90 Å². The summed E-state index contributed by atoms with van der Waals surface area (Å²) < 4.78 is 5.64. The van der Waals surface area contributed by atoms with Crippen LogP contribution in [0.5, 0.6) is 5.75 Å². The summed E-state index contributed by atoms with van der Waals surface area (Å²) in [4.78, 5) is 27.7. The Balaban J connectivity index is 2.03. The van der Waals surface area contributed by atoms with Crippen molar-refractivity contribution in [2.45, 2.75) is 34.1 Å². The van der Waals surface area contributed by atoms with Gasteiger partial charge in [-0.25, -0.2) is 0 Å². The van der Waals surface area contributed by atoms with Crippen molar-refractivity contribution in [2.24, 2.45) is 5.92 Å². The van der Waals surface area contributed by atoms with E-state index in [1.165, 1.54) is 4.90 Å². The molecule has 0 spiro atoms. The van der Waals surface area contributed by atoms with Crippen LogP contribution >= 0.6 is 11.6 Å². The van der Waals surface area contributed by atoms with E-state index in [0.717, 1.165) is 17.7 Å². The first-order valence-electron chi connectivity index (χ1n) is 10.2. The molecule has 0 radical (unpaired) electrons. The highest BCUT2D eigenvalue weighted by Gasteiger charge is 2.39. The predicted molar refractivity (Wildman–Crippen MR) is 121 cm³/mol. The smallest absolute Gasteiger partial charge is 0.278 e. The monoisotopic (exact) mass is 426 g/mol. The van der Waals surface area contributed by atoms with Gasteiger partial charge in [-0.2, -0.15) is 0 Å². The number of benzene rings is 2. The predicted octanol–water partition coefficient (Wildman–Crippen LogP) is 5.29. The Labute approximate surface area is 182 Å². The van der Waals surface area contributed by atoms with E-state index in [1.807, 2.05) is 58.0 Å². The molecule has 0 aromatic heterocycles. The molecule has 0 saturated heterocycles. The first-order chi connectivity index (χ1) is 14.3. The first kappa shape index (κ1) is 21.9. The first-order valence-corrected chi connectivity index (χ1v) is 10.6. The molecule has 2 aromatic carbocycles. The minimum absolute atomic E-state index is 0.163. The van der Waals surface area contributed by atoms with Gasteiger partial charge in [0.25, 0.3) is 11.8 Å². The Morgan fingerprint density at radius 3 is 2.40 bits per heavy atom. The van der Waals surface area contributed by atoms with Gasteiger partial charge in [0.05, 0.1) is 12.2 Å². The van der Waals surface area contributed by atoms with E-state index in [9.17, 15) is 9.59 Å². The number of nitrogens with zero attached hydrogens (tertiary/aromatic N) is 1. The summed E-state index contributed by atoms with van der Waals surface area (Å²) in [5.41, 5.74) is 2.93. The van der Waals surface area contributed by atoms with Gasteiger partial charge in [-0.3, -0.25) is 14.5 Å². The van der Waals surface area contributed by atoms with Crippen molar-refractivity contribution in [3.8, 4) is 5.75 Å². The topological polar surface area (TPSA) is 58.6 Å². The standard InChI is InChI=1S/C24H27ClN2O3/c1-5-12-30-19-10-7-17(8-11-19)21-22(24(29)27(23(21)28)14-15(2)3)26-20-13-18(25)9-6-16(20)4/h6-11,13,15,26H,5,12,14H2,1-4H3. The van der Waals surface area contributed by atoms with Crippen molar-refractivity contribution >= 4 is 34.7 Å².